The monoisotopic (exact) mass is 321 g/mol. The van der Waals surface area contributed by atoms with Crippen LogP contribution in [0, 0.1) is 17.8 Å². The third-order valence-corrected chi connectivity index (χ3v) is 5.77. The third kappa shape index (κ3) is 2.48. The minimum atomic E-state index is 0.133. The molecule has 0 spiro atoms. The number of ether oxygens (including phenoxy) is 1. The Hall–Kier alpha value is -2.29. The first-order valence-electron chi connectivity index (χ1n) is 8.78. The number of methoxy groups -OCH3 is 1. The number of fused-ring (bicyclic) bond motifs is 2. The average molecular weight is 321 g/mol. The van der Waals surface area contributed by atoms with Crippen molar-refractivity contribution in [1.82, 2.24) is 0 Å². The topological polar surface area (TPSA) is 38.3 Å². The van der Waals surface area contributed by atoms with Gasteiger partial charge in [0.05, 0.1) is 12.8 Å². The Morgan fingerprint density at radius 1 is 1.00 bits per heavy atom. The van der Waals surface area contributed by atoms with Crippen molar-refractivity contribution in [2.24, 2.45) is 17.8 Å². The van der Waals surface area contributed by atoms with Crippen LogP contribution in [0.3, 0.4) is 0 Å². The quantitative estimate of drug-likeness (QED) is 0.902. The van der Waals surface area contributed by atoms with E-state index in [1.165, 1.54) is 12.0 Å². The molecule has 24 heavy (non-hydrogen) atoms. The fourth-order valence-corrected chi connectivity index (χ4v) is 4.77. The molecule has 1 amide bonds. The highest BCUT2D eigenvalue weighted by atomic mass is 16.5. The fourth-order valence-electron chi connectivity index (χ4n) is 4.77. The molecule has 0 aliphatic heterocycles. The van der Waals surface area contributed by atoms with Gasteiger partial charge in [-0.3, -0.25) is 4.79 Å². The minimum Gasteiger partial charge on any atom is -0.495 e. The lowest BCUT2D eigenvalue weighted by Gasteiger charge is -2.55. The van der Waals surface area contributed by atoms with Crippen LogP contribution in [0.4, 0.5) is 5.69 Å². The van der Waals surface area contributed by atoms with Gasteiger partial charge in [-0.05, 0) is 48.3 Å². The van der Waals surface area contributed by atoms with Gasteiger partial charge in [0.25, 0.3) is 0 Å². The molecule has 4 atom stereocenters. The fraction of sp³-hybridized carbons (Fsp3) is 0.381. The summed E-state index contributed by atoms with van der Waals surface area (Å²) in [4.78, 5) is 12.9. The number of para-hydroxylation sites is 2. The van der Waals surface area contributed by atoms with Crippen LogP contribution in [-0.4, -0.2) is 13.0 Å². The Morgan fingerprint density at radius 2 is 1.67 bits per heavy atom. The summed E-state index contributed by atoms with van der Waals surface area (Å²) in [7, 11) is 1.63. The molecule has 3 nitrogen and oxygen atoms in total. The summed E-state index contributed by atoms with van der Waals surface area (Å²) in [5.74, 6) is 2.50. The van der Waals surface area contributed by atoms with Gasteiger partial charge >= 0.3 is 0 Å². The number of hydrogen-bond acceptors (Lipinski definition) is 2. The number of carbonyl (C=O) groups excluding carboxylic acids is 1. The largest absolute Gasteiger partial charge is 0.495 e. The number of carbonyl (C=O) groups is 1. The van der Waals surface area contributed by atoms with Crippen LogP contribution < -0.4 is 10.1 Å². The van der Waals surface area contributed by atoms with Gasteiger partial charge in [0.15, 0.2) is 0 Å². The number of amides is 1. The summed E-state index contributed by atoms with van der Waals surface area (Å²) >= 11 is 0. The van der Waals surface area contributed by atoms with Gasteiger partial charge in [-0.2, -0.15) is 0 Å². The van der Waals surface area contributed by atoms with E-state index in [1.54, 1.807) is 7.11 Å². The number of nitrogens with one attached hydrogen (secondary N) is 1. The SMILES string of the molecule is COc1ccccc1NC(=O)C1[C@H]2CCC[C@@H]1C2c1ccccc1. The molecule has 1 N–H and O–H groups in total. The van der Waals surface area contributed by atoms with E-state index in [9.17, 15) is 4.79 Å². The third-order valence-electron chi connectivity index (χ3n) is 5.77. The molecular weight excluding hydrogens is 298 g/mol. The molecule has 2 saturated carbocycles. The minimum absolute atomic E-state index is 0.133. The Morgan fingerprint density at radius 3 is 2.38 bits per heavy atom. The van der Waals surface area contributed by atoms with Crippen molar-refractivity contribution in [2.75, 3.05) is 12.4 Å². The van der Waals surface area contributed by atoms with Gasteiger partial charge in [-0.15, -0.1) is 0 Å². The summed E-state index contributed by atoms with van der Waals surface area (Å²) in [6, 6.07) is 18.3. The van der Waals surface area contributed by atoms with E-state index in [2.05, 4.69) is 35.6 Å². The maximum atomic E-state index is 12.9. The second-order valence-corrected chi connectivity index (χ2v) is 6.91. The zero-order valence-corrected chi connectivity index (χ0v) is 13.9. The van der Waals surface area contributed by atoms with Crippen LogP contribution in [-0.2, 0) is 4.79 Å². The summed E-state index contributed by atoms with van der Waals surface area (Å²) in [6.45, 7) is 0. The smallest absolute Gasteiger partial charge is 0.228 e. The van der Waals surface area contributed by atoms with Gasteiger partial charge in [0.1, 0.15) is 5.75 Å². The van der Waals surface area contributed by atoms with Crippen LogP contribution in [0.15, 0.2) is 54.6 Å². The summed E-state index contributed by atoms with van der Waals surface area (Å²) in [6.07, 6.45) is 3.55. The van der Waals surface area contributed by atoms with Crippen molar-refractivity contribution in [3.63, 3.8) is 0 Å². The molecule has 0 aromatic heterocycles. The first-order valence-corrected chi connectivity index (χ1v) is 8.78. The lowest BCUT2D eigenvalue weighted by Crippen LogP contribution is -2.53. The van der Waals surface area contributed by atoms with E-state index in [0.29, 0.717) is 17.8 Å². The lowest BCUT2D eigenvalue weighted by atomic mass is 9.48. The Balaban J connectivity index is 1.52. The highest BCUT2D eigenvalue weighted by Gasteiger charge is 2.55. The standard InChI is InChI=1S/C21H23NO2/c1-24-18-13-6-5-12-17(18)22-21(23)20-15-10-7-11-16(20)19(15)14-8-3-2-4-9-14/h2-6,8-9,12-13,15-16,19-20H,7,10-11H2,1H3,(H,22,23)/t15-,16+,19?,20?. The van der Waals surface area contributed by atoms with Crippen molar-refractivity contribution >= 4 is 11.6 Å². The molecular formula is C21H23NO2. The Labute approximate surface area is 143 Å². The number of benzene rings is 2. The van der Waals surface area contributed by atoms with E-state index < -0.39 is 0 Å². The van der Waals surface area contributed by atoms with E-state index in [1.807, 2.05) is 24.3 Å². The molecule has 124 valence electrons. The average Bonchev–Trinajstić information content (AvgIpc) is 2.63. The molecule has 2 unspecified atom stereocenters. The van der Waals surface area contributed by atoms with E-state index >= 15 is 0 Å². The van der Waals surface area contributed by atoms with Gasteiger partial charge in [-0.25, -0.2) is 0 Å². The normalized spacial score (nSPS) is 27.9. The summed E-state index contributed by atoms with van der Waals surface area (Å²) in [5, 5.41) is 3.10. The van der Waals surface area contributed by atoms with Gasteiger partial charge < -0.3 is 10.1 Å². The second-order valence-electron chi connectivity index (χ2n) is 6.91. The highest BCUT2D eigenvalue weighted by Crippen LogP contribution is 2.60. The lowest BCUT2D eigenvalue weighted by molar-refractivity contribution is -0.135. The van der Waals surface area contributed by atoms with Crippen LogP contribution in [0.5, 0.6) is 5.75 Å². The summed E-state index contributed by atoms with van der Waals surface area (Å²) in [5.41, 5.74) is 2.17. The summed E-state index contributed by atoms with van der Waals surface area (Å²) < 4.78 is 5.35. The van der Waals surface area contributed by atoms with Crippen molar-refractivity contribution in [3.8, 4) is 5.75 Å². The highest BCUT2D eigenvalue weighted by molar-refractivity contribution is 5.95. The maximum Gasteiger partial charge on any atom is 0.228 e. The van der Waals surface area contributed by atoms with Crippen LogP contribution in [0.2, 0.25) is 0 Å². The Bertz CT molecular complexity index is 716. The molecule has 2 bridgehead atoms. The van der Waals surface area contributed by atoms with Gasteiger partial charge in [0.2, 0.25) is 5.91 Å². The van der Waals surface area contributed by atoms with Crippen molar-refractivity contribution in [2.45, 2.75) is 25.2 Å². The zero-order valence-electron chi connectivity index (χ0n) is 13.9. The van der Waals surface area contributed by atoms with E-state index in [0.717, 1.165) is 24.3 Å². The molecule has 0 heterocycles. The number of anilines is 1. The number of rotatable bonds is 4. The van der Waals surface area contributed by atoms with Gasteiger partial charge in [-0.1, -0.05) is 48.9 Å². The molecule has 0 radical (unpaired) electrons. The predicted octanol–water partition coefficient (Wildman–Crippen LogP) is 4.46. The second kappa shape index (κ2) is 6.31. The molecule has 2 aliphatic carbocycles. The predicted molar refractivity (Wildman–Crippen MR) is 95.1 cm³/mol. The zero-order chi connectivity index (χ0) is 16.5. The molecule has 2 aromatic carbocycles. The molecule has 2 aromatic rings. The van der Waals surface area contributed by atoms with Crippen LogP contribution >= 0.6 is 0 Å². The van der Waals surface area contributed by atoms with Crippen molar-refractivity contribution < 1.29 is 9.53 Å². The number of hydrogen-bond donors (Lipinski definition) is 1. The molecule has 2 aliphatic rings. The van der Waals surface area contributed by atoms with Crippen LogP contribution in [0.25, 0.3) is 0 Å². The Kier molecular flexibility index (Phi) is 4.01. The van der Waals surface area contributed by atoms with Crippen LogP contribution in [0.1, 0.15) is 30.7 Å². The molecule has 4 rings (SSSR count). The maximum absolute atomic E-state index is 12.9. The molecule has 3 heteroatoms. The first kappa shape index (κ1) is 15.3. The first-order chi connectivity index (χ1) is 11.8. The van der Waals surface area contributed by atoms with E-state index in [-0.39, 0.29) is 11.8 Å². The van der Waals surface area contributed by atoms with Gasteiger partial charge in [0, 0.05) is 5.92 Å². The van der Waals surface area contributed by atoms with Crippen molar-refractivity contribution in [1.29, 1.82) is 0 Å². The van der Waals surface area contributed by atoms with E-state index in [4.69, 9.17) is 4.74 Å². The molecule has 2 fully saturated rings. The van der Waals surface area contributed by atoms with Crippen molar-refractivity contribution in [3.05, 3.63) is 60.2 Å². The molecule has 0 saturated heterocycles.